The summed E-state index contributed by atoms with van der Waals surface area (Å²) in [5.41, 5.74) is -0.202. The van der Waals surface area contributed by atoms with Crippen LogP contribution < -0.4 is 0 Å². The molecule has 3 aromatic heterocycles. The van der Waals surface area contributed by atoms with Crippen molar-refractivity contribution in [1.82, 2.24) is 24.4 Å². The third-order valence-electron chi connectivity index (χ3n) is 4.06. The van der Waals surface area contributed by atoms with Crippen molar-refractivity contribution in [2.75, 3.05) is 0 Å². The fourth-order valence-electron chi connectivity index (χ4n) is 2.74. The summed E-state index contributed by atoms with van der Waals surface area (Å²) < 4.78 is 42.7. The molecule has 0 amide bonds. The van der Waals surface area contributed by atoms with E-state index in [2.05, 4.69) is 15.3 Å². The predicted molar refractivity (Wildman–Crippen MR) is 78.3 cm³/mol. The number of halogens is 3. The molecule has 4 rings (SSSR count). The first-order valence-corrected chi connectivity index (χ1v) is 7.53. The van der Waals surface area contributed by atoms with Crippen LogP contribution in [-0.2, 0) is 12.7 Å². The van der Waals surface area contributed by atoms with E-state index in [4.69, 9.17) is 5.11 Å². The van der Waals surface area contributed by atoms with Gasteiger partial charge >= 0.3 is 12.1 Å². The molecule has 0 atom stereocenters. The van der Waals surface area contributed by atoms with Crippen LogP contribution in [0.15, 0.2) is 24.7 Å². The smallest absolute Gasteiger partial charge is 0.419 e. The predicted octanol–water partition coefficient (Wildman–Crippen LogP) is 2.57. The second-order valence-corrected chi connectivity index (χ2v) is 6.03. The normalized spacial score (nSPS) is 15.0. The van der Waals surface area contributed by atoms with Gasteiger partial charge < -0.3 is 9.51 Å². The van der Waals surface area contributed by atoms with E-state index in [1.54, 1.807) is 6.20 Å². The lowest BCUT2D eigenvalue weighted by molar-refractivity contribution is -0.136. The van der Waals surface area contributed by atoms with Crippen molar-refractivity contribution < 1.29 is 23.1 Å². The Bertz CT molecular complexity index is 971. The summed E-state index contributed by atoms with van der Waals surface area (Å²) in [7, 11) is 0. The molecule has 0 aromatic carbocycles. The van der Waals surface area contributed by atoms with E-state index >= 15 is 0 Å². The Morgan fingerprint density at radius 2 is 2.04 bits per heavy atom. The van der Waals surface area contributed by atoms with Crippen molar-refractivity contribution in [2.45, 2.75) is 31.5 Å². The average Bonchev–Trinajstić information content (AvgIpc) is 3.13. The van der Waals surface area contributed by atoms with Gasteiger partial charge in [-0.15, -0.1) is 5.10 Å². The van der Waals surface area contributed by atoms with Gasteiger partial charge in [-0.3, -0.25) is 0 Å². The van der Waals surface area contributed by atoms with Crippen LogP contribution in [0.25, 0.3) is 5.65 Å². The molecule has 1 saturated carbocycles. The lowest BCUT2D eigenvalue weighted by atomic mass is 10.1. The van der Waals surface area contributed by atoms with Gasteiger partial charge in [0.2, 0.25) is 0 Å². The highest BCUT2D eigenvalue weighted by Crippen LogP contribution is 2.42. The molecule has 10 heteroatoms. The first-order chi connectivity index (χ1) is 11.8. The maximum Gasteiger partial charge on any atom is 0.419 e. The Morgan fingerprint density at radius 3 is 2.64 bits per heavy atom. The second-order valence-electron chi connectivity index (χ2n) is 6.03. The Labute approximate surface area is 138 Å². The van der Waals surface area contributed by atoms with Crippen molar-refractivity contribution in [3.8, 4) is 0 Å². The quantitative estimate of drug-likeness (QED) is 0.781. The molecular formula is C15H12F3N5O2. The molecule has 1 aliphatic rings. The van der Waals surface area contributed by atoms with Crippen LogP contribution in [0.5, 0.6) is 0 Å². The number of nitrogens with zero attached hydrogens (tertiary/aromatic N) is 5. The van der Waals surface area contributed by atoms with Gasteiger partial charge in [-0.25, -0.2) is 14.5 Å². The molecule has 0 spiro atoms. The minimum absolute atomic E-state index is 0.0258. The van der Waals surface area contributed by atoms with Crippen molar-refractivity contribution in [3.05, 3.63) is 47.2 Å². The maximum atomic E-state index is 13.4. The fourth-order valence-corrected chi connectivity index (χ4v) is 2.74. The van der Waals surface area contributed by atoms with Crippen LogP contribution in [0.4, 0.5) is 13.2 Å². The topological polar surface area (TPSA) is 85.3 Å². The molecule has 0 bridgehead atoms. The van der Waals surface area contributed by atoms with E-state index in [0.717, 1.165) is 12.8 Å². The zero-order valence-corrected chi connectivity index (χ0v) is 12.7. The fraction of sp³-hybridized carbons (Fsp3) is 0.333. The largest absolute Gasteiger partial charge is 0.476 e. The first kappa shape index (κ1) is 15.6. The number of fused-ring (bicyclic) bond motifs is 1. The van der Waals surface area contributed by atoms with Gasteiger partial charge in [0, 0.05) is 12.4 Å². The van der Waals surface area contributed by atoms with E-state index in [1.165, 1.54) is 27.5 Å². The van der Waals surface area contributed by atoms with Crippen LogP contribution in [0, 0.1) is 0 Å². The zero-order valence-electron chi connectivity index (χ0n) is 12.7. The number of aromatic nitrogens is 5. The zero-order chi connectivity index (χ0) is 17.8. The van der Waals surface area contributed by atoms with Gasteiger partial charge in [0.1, 0.15) is 5.65 Å². The second kappa shape index (κ2) is 5.30. The van der Waals surface area contributed by atoms with Crippen LogP contribution in [0.1, 0.15) is 46.1 Å². The molecule has 1 N–H and O–H groups in total. The minimum atomic E-state index is -4.50. The number of carboxylic acids is 1. The number of carbonyl (C=O) groups is 1. The molecule has 0 aliphatic heterocycles. The van der Waals surface area contributed by atoms with Crippen LogP contribution in [-0.4, -0.2) is 35.5 Å². The molecule has 0 radical (unpaired) electrons. The third-order valence-corrected chi connectivity index (χ3v) is 4.06. The Kier molecular flexibility index (Phi) is 3.31. The monoisotopic (exact) mass is 351 g/mol. The summed E-state index contributed by atoms with van der Waals surface area (Å²) in [6.07, 6.45) is 1.65. The van der Waals surface area contributed by atoms with Crippen LogP contribution >= 0.6 is 0 Å². The Hall–Kier alpha value is -2.91. The summed E-state index contributed by atoms with van der Waals surface area (Å²) in [6.45, 7) is 0.0258. The standard InChI is InChI=1S/C15H12F3N5O2/c16-15(17,18)11-3-9(8-1-2-8)4-22-5-10(19-13(11)22)6-23-7-12(14(24)25)20-21-23/h3-5,7-8H,1-2,6H2,(H,24,25). The molecule has 7 nitrogen and oxygen atoms in total. The van der Waals surface area contributed by atoms with Gasteiger partial charge in [-0.1, -0.05) is 5.21 Å². The molecule has 1 fully saturated rings. The van der Waals surface area contributed by atoms with Gasteiger partial charge in [-0.05, 0) is 30.4 Å². The molecule has 3 aromatic rings. The van der Waals surface area contributed by atoms with E-state index in [-0.39, 0.29) is 23.8 Å². The Morgan fingerprint density at radius 1 is 1.28 bits per heavy atom. The summed E-state index contributed by atoms with van der Waals surface area (Å²) in [6, 6.07) is 1.17. The first-order valence-electron chi connectivity index (χ1n) is 7.53. The van der Waals surface area contributed by atoms with Gasteiger partial charge in [0.25, 0.3) is 0 Å². The van der Waals surface area contributed by atoms with Crippen molar-refractivity contribution in [1.29, 1.82) is 0 Å². The number of hydrogen-bond acceptors (Lipinski definition) is 4. The molecule has 130 valence electrons. The average molecular weight is 351 g/mol. The lowest BCUT2D eigenvalue weighted by Gasteiger charge is -2.10. The number of rotatable bonds is 4. The number of alkyl halides is 3. The molecule has 3 heterocycles. The van der Waals surface area contributed by atoms with Gasteiger partial charge in [-0.2, -0.15) is 13.2 Å². The van der Waals surface area contributed by atoms with Gasteiger partial charge in [0.05, 0.1) is 24.0 Å². The molecule has 25 heavy (non-hydrogen) atoms. The minimum Gasteiger partial charge on any atom is -0.476 e. The number of imidazole rings is 1. The third kappa shape index (κ3) is 2.94. The van der Waals surface area contributed by atoms with E-state index < -0.39 is 17.7 Å². The number of carboxylic acid groups (broad SMARTS) is 1. The summed E-state index contributed by atoms with van der Waals surface area (Å²) in [5.74, 6) is -1.06. The maximum absolute atomic E-state index is 13.4. The molecule has 0 saturated heterocycles. The number of pyridine rings is 1. The van der Waals surface area contributed by atoms with Gasteiger partial charge in [0.15, 0.2) is 5.69 Å². The van der Waals surface area contributed by atoms with Crippen molar-refractivity contribution in [2.24, 2.45) is 0 Å². The Balaban J connectivity index is 1.74. The van der Waals surface area contributed by atoms with Crippen molar-refractivity contribution in [3.63, 3.8) is 0 Å². The SMILES string of the molecule is O=C(O)c1cn(Cc2cn3cc(C4CC4)cc(C(F)(F)F)c3n2)nn1. The summed E-state index contributed by atoms with van der Waals surface area (Å²) >= 11 is 0. The summed E-state index contributed by atoms with van der Waals surface area (Å²) in [5, 5.41) is 15.9. The molecule has 0 unspecified atom stereocenters. The highest BCUT2D eigenvalue weighted by atomic mass is 19.4. The van der Waals surface area contributed by atoms with E-state index in [1.807, 2.05) is 0 Å². The number of hydrogen-bond donors (Lipinski definition) is 1. The summed E-state index contributed by atoms with van der Waals surface area (Å²) in [4.78, 5) is 14.9. The number of aromatic carboxylic acids is 1. The van der Waals surface area contributed by atoms with Crippen LogP contribution in [0.3, 0.4) is 0 Å². The highest BCUT2D eigenvalue weighted by molar-refractivity contribution is 5.84. The van der Waals surface area contributed by atoms with E-state index in [9.17, 15) is 18.0 Å². The van der Waals surface area contributed by atoms with Crippen LogP contribution in [0.2, 0.25) is 0 Å². The lowest BCUT2D eigenvalue weighted by Crippen LogP contribution is -2.09. The molecular weight excluding hydrogens is 339 g/mol. The van der Waals surface area contributed by atoms with E-state index in [0.29, 0.717) is 11.3 Å². The highest BCUT2D eigenvalue weighted by Gasteiger charge is 2.36. The van der Waals surface area contributed by atoms with Crippen molar-refractivity contribution >= 4 is 11.6 Å². The molecule has 1 aliphatic carbocycles.